The van der Waals surface area contributed by atoms with Gasteiger partial charge in [0.05, 0.1) is 11.6 Å². The van der Waals surface area contributed by atoms with Crippen molar-refractivity contribution in [2.75, 3.05) is 38.1 Å². The standard InChI is InChI=1S/C20H22BrF2N3O/c1-13(24-20(27)17-12-14(22)3-5-18(17)21)16-11-15(23)4-6-19(16)26-9-7-25(2)8-10-26/h3-6,11-13H,7-10H2,1-2H3,(H,24,27). The molecule has 1 N–H and O–H groups in total. The SMILES string of the molecule is CC(NC(=O)c1cc(F)ccc1Br)c1cc(F)ccc1N1CCN(C)CC1. The first-order chi connectivity index (χ1) is 12.8. The molecule has 27 heavy (non-hydrogen) atoms. The lowest BCUT2D eigenvalue weighted by Crippen LogP contribution is -2.45. The minimum Gasteiger partial charge on any atom is -0.369 e. The summed E-state index contributed by atoms with van der Waals surface area (Å²) in [5.74, 6) is -1.25. The van der Waals surface area contributed by atoms with Crippen LogP contribution in [0.3, 0.4) is 0 Å². The summed E-state index contributed by atoms with van der Waals surface area (Å²) in [5, 5.41) is 2.86. The van der Waals surface area contributed by atoms with Crippen molar-refractivity contribution >= 4 is 27.5 Å². The van der Waals surface area contributed by atoms with E-state index in [1.54, 1.807) is 13.0 Å². The number of hydrogen-bond donors (Lipinski definition) is 1. The Balaban J connectivity index is 1.83. The summed E-state index contributed by atoms with van der Waals surface area (Å²) in [6.07, 6.45) is 0. The van der Waals surface area contributed by atoms with Crippen molar-refractivity contribution < 1.29 is 13.6 Å². The second-order valence-corrected chi connectivity index (χ2v) is 7.67. The summed E-state index contributed by atoms with van der Waals surface area (Å²) in [4.78, 5) is 17.0. The minimum atomic E-state index is -0.486. The number of benzene rings is 2. The number of carbonyl (C=O) groups is 1. The first kappa shape index (κ1) is 19.8. The molecule has 1 aliphatic rings. The van der Waals surface area contributed by atoms with Crippen molar-refractivity contribution in [3.8, 4) is 0 Å². The normalized spacial score (nSPS) is 16.3. The highest BCUT2D eigenvalue weighted by atomic mass is 79.9. The lowest BCUT2D eigenvalue weighted by atomic mass is 10.0. The zero-order valence-corrected chi connectivity index (χ0v) is 16.9. The van der Waals surface area contributed by atoms with Crippen LogP contribution < -0.4 is 10.2 Å². The van der Waals surface area contributed by atoms with Crippen molar-refractivity contribution in [3.05, 3.63) is 63.6 Å². The van der Waals surface area contributed by atoms with Gasteiger partial charge in [-0.3, -0.25) is 4.79 Å². The van der Waals surface area contributed by atoms with Gasteiger partial charge in [-0.2, -0.15) is 0 Å². The Hall–Kier alpha value is -1.99. The van der Waals surface area contributed by atoms with Crippen LogP contribution in [-0.2, 0) is 0 Å². The predicted molar refractivity (Wildman–Crippen MR) is 106 cm³/mol. The number of amides is 1. The van der Waals surface area contributed by atoms with Crippen molar-refractivity contribution in [3.63, 3.8) is 0 Å². The number of halogens is 3. The van der Waals surface area contributed by atoms with E-state index in [1.165, 1.54) is 30.3 Å². The maximum Gasteiger partial charge on any atom is 0.253 e. The molecule has 2 aromatic rings. The van der Waals surface area contributed by atoms with Gasteiger partial charge in [0.25, 0.3) is 5.91 Å². The molecule has 0 bridgehead atoms. The Morgan fingerprint density at radius 1 is 1.07 bits per heavy atom. The molecule has 0 radical (unpaired) electrons. The largest absolute Gasteiger partial charge is 0.369 e. The maximum atomic E-state index is 13.9. The number of carbonyl (C=O) groups excluding carboxylic acids is 1. The van der Waals surface area contributed by atoms with Crippen LogP contribution in [0, 0.1) is 11.6 Å². The van der Waals surface area contributed by atoms with Crippen LogP contribution in [0.15, 0.2) is 40.9 Å². The summed E-state index contributed by atoms with van der Waals surface area (Å²) in [7, 11) is 2.07. The van der Waals surface area contributed by atoms with Gasteiger partial charge in [-0.05, 0) is 66.3 Å². The van der Waals surface area contributed by atoms with E-state index in [0.29, 0.717) is 10.0 Å². The molecule has 7 heteroatoms. The third-order valence-electron chi connectivity index (χ3n) is 4.82. The van der Waals surface area contributed by atoms with Gasteiger partial charge >= 0.3 is 0 Å². The first-order valence-electron chi connectivity index (χ1n) is 8.84. The molecule has 1 atom stereocenters. The maximum absolute atomic E-state index is 13.9. The van der Waals surface area contributed by atoms with E-state index in [2.05, 4.69) is 38.1 Å². The van der Waals surface area contributed by atoms with Crippen LogP contribution in [0.1, 0.15) is 28.9 Å². The summed E-state index contributed by atoms with van der Waals surface area (Å²) in [6.45, 7) is 5.33. The average Bonchev–Trinajstić information content (AvgIpc) is 2.64. The third kappa shape index (κ3) is 4.65. The molecule has 4 nitrogen and oxygen atoms in total. The quantitative estimate of drug-likeness (QED) is 0.785. The van der Waals surface area contributed by atoms with Crippen LogP contribution in [-0.4, -0.2) is 44.0 Å². The topological polar surface area (TPSA) is 35.6 Å². The van der Waals surface area contributed by atoms with Gasteiger partial charge in [-0.1, -0.05) is 0 Å². The molecule has 1 unspecified atom stereocenters. The van der Waals surface area contributed by atoms with Gasteiger partial charge in [0.1, 0.15) is 11.6 Å². The molecule has 0 aliphatic carbocycles. The highest BCUT2D eigenvalue weighted by Gasteiger charge is 2.22. The van der Waals surface area contributed by atoms with Crippen LogP contribution in [0.5, 0.6) is 0 Å². The van der Waals surface area contributed by atoms with Gasteiger partial charge in [0.15, 0.2) is 0 Å². The van der Waals surface area contributed by atoms with E-state index < -0.39 is 17.8 Å². The van der Waals surface area contributed by atoms with Crippen LogP contribution in [0.4, 0.5) is 14.5 Å². The number of nitrogens with one attached hydrogen (secondary N) is 1. The first-order valence-corrected chi connectivity index (χ1v) is 9.63. The highest BCUT2D eigenvalue weighted by molar-refractivity contribution is 9.10. The summed E-state index contributed by atoms with van der Waals surface area (Å²) in [5.41, 5.74) is 1.83. The second kappa shape index (κ2) is 8.35. The molecule has 0 spiro atoms. The Morgan fingerprint density at radius 3 is 2.41 bits per heavy atom. The van der Waals surface area contributed by atoms with Crippen molar-refractivity contribution in [2.45, 2.75) is 13.0 Å². The molecule has 1 aliphatic heterocycles. The molecule has 2 aromatic carbocycles. The molecular formula is C20H22BrF2N3O. The minimum absolute atomic E-state index is 0.208. The van der Waals surface area contributed by atoms with E-state index in [-0.39, 0.29) is 11.4 Å². The van der Waals surface area contributed by atoms with E-state index in [1.807, 2.05) is 0 Å². The Bertz CT molecular complexity index is 838. The smallest absolute Gasteiger partial charge is 0.253 e. The van der Waals surface area contributed by atoms with E-state index >= 15 is 0 Å². The molecule has 1 heterocycles. The van der Waals surface area contributed by atoms with E-state index in [4.69, 9.17) is 0 Å². The molecule has 3 rings (SSSR count). The van der Waals surface area contributed by atoms with Crippen molar-refractivity contribution in [1.82, 2.24) is 10.2 Å². The lowest BCUT2D eigenvalue weighted by Gasteiger charge is -2.36. The van der Waals surface area contributed by atoms with Gasteiger partial charge in [0, 0.05) is 41.9 Å². The molecule has 0 aromatic heterocycles. The van der Waals surface area contributed by atoms with E-state index in [0.717, 1.165) is 31.9 Å². The Morgan fingerprint density at radius 2 is 1.70 bits per heavy atom. The molecule has 1 fully saturated rings. The Labute approximate surface area is 166 Å². The van der Waals surface area contributed by atoms with Gasteiger partial charge in [-0.25, -0.2) is 8.78 Å². The summed E-state index contributed by atoms with van der Waals surface area (Å²) < 4.78 is 27.9. The zero-order chi connectivity index (χ0) is 19.6. The lowest BCUT2D eigenvalue weighted by molar-refractivity contribution is 0.0938. The number of nitrogens with zero attached hydrogens (tertiary/aromatic N) is 2. The molecule has 144 valence electrons. The molecule has 1 amide bonds. The van der Waals surface area contributed by atoms with Crippen LogP contribution >= 0.6 is 15.9 Å². The Kier molecular flexibility index (Phi) is 6.11. The fourth-order valence-corrected chi connectivity index (χ4v) is 3.66. The van der Waals surface area contributed by atoms with Gasteiger partial charge in [0.2, 0.25) is 0 Å². The highest BCUT2D eigenvalue weighted by Crippen LogP contribution is 2.29. The predicted octanol–water partition coefficient (Wildman–Crippen LogP) is 3.97. The van der Waals surface area contributed by atoms with Crippen LogP contribution in [0.2, 0.25) is 0 Å². The number of likely N-dealkylation sites (N-methyl/N-ethyl adjacent to an activating group) is 1. The average molecular weight is 438 g/mol. The molecular weight excluding hydrogens is 416 g/mol. The number of hydrogen-bond acceptors (Lipinski definition) is 3. The summed E-state index contributed by atoms with van der Waals surface area (Å²) >= 11 is 3.27. The molecule has 1 saturated heterocycles. The zero-order valence-electron chi connectivity index (χ0n) is 15.3. The van der Waals surface area contributed by atoms with Gasteiger partial charge < -0.3 is 15.1 Å². The number of rotatable bonds is 4. The number of anilines is 1. The summed E-state index contributed by atoms with van der Waals surface area (Å²) in [6, 6.07) is 8.18. The van der Waals surface area contributed by atoms with E-state index in [9.17, 15) is 13.6 Å². The second-order valence-electron chi connectivity index (χ2n) is 6.81. The fraction of sp³-hybridized carbons (Fsp3) is 0.350. The van der Waals surface area contributed by atoms with Crippen molar-refractivity contribution in [1.29, 1.82) is 0 Å². The monoisotopic (exact) mass is 437 g/mol. The molecule has 0 saturated carbocycles. The fourth-order valence-electron chi connectivity index (χ4n) is 3.23. The van der Waals surface area contributed by atoms with Crippen LogP contribution in [0.25, 0.3) is 0 Å². The number of piperazine rings is 1. The van der Waals surface area contributed by atoms with Gasteiger partial charge in [-0.15, -0.1) is 0 Å². The van der Waals surface area contributed by atoms with Crippen molar-refractivity contribution in [2.24, 2.45) is 0 Å². The third-order valence-corrected chi connectivity index (χ3v) is 5.51.